The average molecular weight is 443 g/mol. The van der Waals surface area contributed by atoms with Gasteiger partial charge in [0.25, 0.3) is 5.91 Å². The molecule has 3 rings (SSSR count). The van der Waals surface area contributed by atoms with E-state index in [1.807, 2.05) is 37.3 Å². The molecule has 2 amide bonds. The SMILES string of the molecule is CCCCNC(=O)OC/C(N)=C/N(N)C1CC(NC(=O)c2cc(-c3ccccc3)on2)C1. The van der Waals surface area contributed by atoms with Crippen LogP contribution in [0.2, 0.25) is 0 Å². The number of nitrogens with one attached hydrogen (secondary N) is 2. The summed E-state index contributed by atoms with van der Waals surface area (Å²) in [6, 6.07) is 11.1. The van der Waals surface area contributed by atoms with Crippen LogP contribution in [0, 0.1) is 0 Å². The summed E-state index contributed by atoms with van der Waals surface area (Å²) in [5, 5.41) is 10.9. The Morgan fingerprint density at radius 2 is 2.06 bits per heavy atom. The third kappa shape index (κ3) is 6.48. The lowest BCUT2D eigenvalue weighted by Crippen LogP contribution is -2.54. The molecule has 172 valence electrons. The first kappa shape index (κ1) is 23.1. The molecule has 0 aliphatic heterocycles. The molecule has 10 nitrogen and oxygen atoms in total. The van der Waals surface area contributed by atoms with E-state index in [-0.39, 0.29) is 30.3 Å². The summed E-state index contributed by atoms with van der Waals surface area (Å²) in [4.78, 5) is 24.0. The van der Waals surface area contributed by atoms with Crippen molar-refractivity contribution in [2.24, 2.45) is 11.6 Å². The second-order valence-electron chi connectivity index (χ2n) is 7.75. The van der Waals surface area contributed by atoms with Crippen LogP contribution in [0.15, 0.2) is 52.8 Å². The van der Waals surface area contributed by atoms with Gasteiger partial charge in [-0.15, -0.1) is 0 Å². The maximum atomic E-state index is 12.4. The Labute approximate surface area is 186 Å². The molecule has 1 aromatic heterocycles. The topological polar surface area (TPSA) is 149 Å². The zero-order valence-electron chi connectivity index (χ0n) is 18.1. The van der Waals surface area contributed by atoms with Gasteiger partial charge in [0.15, 0.2) is 11.5 Å². The van der Waals surface area contributed by atoms with Crippen molar-refractivity contribution in [3.8, 4) is 11.3 Å². The fourth-order valence-corrected chi connectivity index (χ4v) is 3.23. The highest BCUT2D eigenvalue weighted by Gasteiger charge is 2.33. The van der Waals surface area contributed by atoms with Gasteiger partial charge in [0.05, 0.1) is 5.70 Å². The predicted molar refractivity (Wildman–Crippen MR) is 119 cm³/mol. The van der Waals surface area contributed by atoms with Crippen LogP contribution in [0.3, 0.4) is 0 Å². The number of rotatable bonds is 10. The molecule has 0 radical (unpaired) electrons. The Bertz CT molecular complexity index is 924. The van der Waals surface area contributed by atoms with Crippen LogP contribution in [0.5, 0.6) is 0 Å². The van der Waals surface area contributed by atoms with Crippen LogP contribution >= 0.6 is 0 Å². The zero-order chi connectivity index (χ0) is 22.9. The number of hydrogen-bond acceptors (Lipinski definition) is 8. The van der Waals surface area contributed by atoms with Crippen molar-refractivity contribution in [2.45, 2.75) is 44.7 Å². The van der Waals surface area contributed by atoms with Gasteiger partial charge < -0.3 is 30.6 Å². The molecule has 1 fully saturated rings. The Morgan fingerprint density at radius 1 is 1.31 bits per heavy atom. The van der Waals surface area contributed by atoms with E-state index in [0.29, 0.717) is 30.8 Å². The van der Waals surface area contributed by atoms with Crippen LogP contribution in [0.1, 0.15) is 43.1 Å². The molecule has 32 heavy (non-hydrogen) atoms. The van der Waals surface area contributed by atoms with Gasteiger partial charge in [-0.05, 0) is 19.3 Å². The van der Waals surface area contributed by atoms with Gasteiger partial charge in [-0.1, -0.05) is 48.8 Å². The lowest BCUT2D eigenvalue weighted by molar-refractivity contribution is 0.0839. The highest BCUT2D eigenvalue weighted by molar-refractivity contribution is 5.93. The van der Waals surface area contributed by atoms with Crippen molar-refractivity contribution in [2.75, 3.05) is 13.2 Å². The minimum atomic E-state index is -0.506. The van der Waals surface area contributed by atoms with Crippen LogP contribution in [0.25, 0.3) is 11.3 Å². The number of carbonyl (C=O) groups excluding carboxylic acids is 2. The molecule has 1 aliphatic rings. The molecule has 1 aromatic carbocycles. The molecule has 0 spiro atoms. The van der Waals surface area contributed by atoms with E-state index in [1.54, 1.807) is 12.3 Å². The van der Waals surface area contributed by atoms with E-state index < -0.39 is 6.09 Å². The summed E-state index contributed by atoms with van der Waals surface area (Å²) in [7, 11) is 0. The summed E-state index contributed by atoms with van der Waals surface area (Å²) in [5.41, 5.74) is 7.30. The molecule has 1 heterocycles. The first-order valence-electron chi connectivity index (χ1n) is 10.7. The van der Waals surface area contributed by atoms with E-state index in [9.17, 15) is 9.59 Å². The van der Waals surface area contributed by atoms with E-state index in [4.69, 9.17) is 20.8 Å². The van der Waals surface area contributed by atoms with E-state index in [2.05, 4.69) is 15.8 Å². The molecule has 0 bridgehead atoms. The number of aromatic nitrogens is 1. The average Bonchev–Trinajstić information content (AvgIpc) is 3.25. The summed E-state index contributed by atoms with van der Waals surface area (Å²) in [6.07, 6.45) is 4.24. The van der Waals surface area contributed by atoms with Crippen molar-refractivity contribution in [3.05, 3.63) is 54.0 Å². The maximum absolute atomic E-state index is 12.4. The van der Waals surface area contributed by atoms with Crippen molar-refractivity contribution in [1.82, 2.24) is 20.8 Å². The number of amides is 2. The van der Waals surface area contributed by atoms with E-state index >= 15 is 0 Å². The Balaban J connectivity index is 1.39. The fourth-order valence-electron chi connectivity index (χ4n) is 3.23. The van der Waals surface area contributed by atoms with E-state index in [0.717, 1.165) is 18.4 Å². The fraction of sp³-hybridized carbons (Fsp3) is 0.409. The largest absolute Gasteiger partial charge is 0.443 e. The Morgan fingerprint density at radius 3 is 2.78 bits per heavy atom. The number of alkyl carbamates (subject to hydrolysis) is 1. The molecular weight excluding hydrogens is 412 g/mol. The molecule has 1 saturated carbocycles. The van der Waals surface area contributed by atoms with Gasteiger partial charge in [0.1, 0.15) is 6.61 Å². The van der Waals surface area contributed by atoms with Crippen molar-refractivity contribution in [3.63, 3.8) is 0 Å². The van der Waals surface area contributed by atoms with E-state index in [1.165, 1.54) is 5.01 Å². The van der Waals surface area contributed by atoms with Crippen molar-refractivity contribution >= 4 is 12.0 Å². The van der Waals surface area contributed by atoms with Crippen LogP contribution in [-0.2, 0) is 4.74 Å². The molecule has 6 N–H and O–H groups in total. The third-order valence-corrected chi connectivity index (χ3v) is 5.16. The predicted octanol–water partition coefficient (Wildman–Crippen LogP) is 2.10. The van der Waals surface area contributed by atoms with Gasteiger partial charge in [-0.3, -0.25) is 4.79 Å². The minimum Gasteiger partial charge on any atom is -0.443 e. The molecule has 2 aromatic rings. The number of unbranched alkanes of at least 4 members (excludes halogenated alkanes) is 1. The number of ether oxygens (including phenoxy) is 1. The maximum Gasteiger partial charge on any atom is 0.407 e. The second-order valence-corrected chi connectivity index (χ2v) is 7.75. The standard InChI is InChI=1S/C22H30N6O4/c1-2-3-9-25-22(30)31-14-16(23)13-28(24)18-10-17(11-18)26-21(29)19-12-20(32-27-19)15-7-5-4-6-8-15/h4-8,12-13,17-18H,2-3,9-11,14,23-24H2,1H3,(H,25,30)(H,26,29)/b16-13-. The summed E-state index contributed by atoms with van der Waals surface area (Å²) in [5.74, 6) is 6.29. The highest BCUT2D eigenvalue weighted by atomic mass is 16.5. The minimum absolute atomic E-state index is 0.0226. The van der Waals surface area contributed by atoms with Gasteiger partial charge in [0.2, 0.25) is 0 Å². The summed E-state index contributed by atoms with van der Waals surface area (Å²) in [6.45, 7) is 2.56. The van der Waals surface area contributed by atoms with Crippen LogP contribution < -0.4 is 22.2 Å². The molecule has 1 aliphatic carbocycles. The Kier molecular flexibility index (Phi) is 8.09. The van der Waals surface area contributed by atoms with Crippen LogP contribution in [-0.4, -0.2) is 47.4 Å². The summed E-state index contributed by atoms with van der Waals surface area (Å²) < 4.78 is 10.3. The first-order chi connectivity index (χ1) is 15.5. The highest BCUT2D eigenvalue weighted by Crippen LogP contribution is 2.25. The molecule has 0 unspecified atom stereocenters. The monoisotopic (exact) mass is 442 g/mol. The lowest BCUT2D eigenvalue weighted by Gasteiger charge is -2.40. The molecule has 0 atom stereocenters. The van der Waals surface area contributed by atoms with Gasteiger partial charge in [-0.2, -0.15) is 0 Å². The van der Waals surface area contributed by atoms with Gasteiger partial charge in [0, 0.05) is 36.5 Å². The normalized spacial score (nSPS) is 17.9. The van der Waals surface area contributed by atoms with Crippen molar-refractivity contribution in [1.29, 1.82) is 0 Å². The first-order valence-corrected chi connectivity index (χ1v) is 10.7. The summed E-state index contributed by atoms with van der Waals surface area (Å²) >= 11 is 0. The van der Waals surface area contributed by atoms with Gasteiger partial charge >= 0.3 is 6.09 Å². The zero-order valence-corrected chi connectivity index (χ0v) is 18.1. The number of hydrogen-bond donors (Lipinski definition) is 4. The number of nitrogens with two attached hydrogens (primary N) is 2. The molecule has 10 heteroatoms. The quantitative estimate of drug-likeness (QED) is 0.248. The number of hydrazine groups is 1. The smallest absolute Gasteiger partial charge is 0.407 e. The number of carbonyl (C=O) groups is 2. The second kappa shape index (κ2) is 11.2. The number of nitrogens with zero attached hydrogens (tertiary/aromatic N) is 2. The lowest BCUT2D eigenvalue weighted by atomic mass is 9.86. The third-order valence-electron chi connectivity index (χ3n) is 5.16. The van der Waals surface area contributed by atoms with Crippen LogP contribution in [0.4, 0.5) is 4.79 Å². The molecular formula is C22H30N6O4. The Hall–Kier alpha value is -3.53. The van der Waals surface area contributed by atoms with Crippen molar-refractivity contribution < 1.29 is 18.8 Å². The van der Waals surface area contributed by atoms with Gasteiger partial charge in [-0.25, -0.2) is 10.6 Å². The number of benzene rings is 1. The molecule has 0 saturated heterocycles.